The van der Waals surface area contributed by atoms with Gasteiger partial charge in [0, 0.05) is 11.1 Å². The third kappa shape index (κ3) is 4.12. The third-order valence-electron chi connectivity index (χ3n) is 4.89. The first-order valence-corrected chi connectivity index (χ1v) is 9.64. The maximum Gasteiger partial charge on any atom is 0.174 e. The van der Waals surface area contributed by atoms with E-state index < -0.39 is 0 Å². The number of nitrogens with zero attached hydrogens (tertiary/aromatic N) is 1. The molecule has 1 heterocycles. The monoisotopic (exact) mass is 365 g/mol. The molecule has 0 saturated heterocycles. The highest BCUT2D eigenvalue weighted by atomic mass is 16.5. The van der Waals surface area contributed by atoms with Gasteiger partial charge in [0.25, 0.3) is 0 Å². The zero-order chi connectivity index (χ0) is 19.2. The molecule has 0 fully saturated rings. The summed E-state index contributed by atoms with van der Waals surface area (Å²) in [4.78, 5) is 0. The van der Waals surface area contributed by atoms with E-state index in [9.17, 15) is 0 Å². The average molecular weight is 365 g/mol. The lowest BCUT2D eigenvalue weighted by Crippen LogP contribution is -1.83. The van der Waals surface area contributed by atoms with E-state index in [2.05, 4.69) is 96.2 Å². The van der Waals surface area contributed by atoms with Gasteiger partial charge in [-0.2, -0.15) is 0 Å². The van der Waals surface area contributed by atoms with Crippen molar-refractivity contribution < 1.29 is 4.52 Å². The van der Waals surface area contributed by atoms with Crippen LogP contribution in [0.1, 0.15) is 23.2 Å². The van der Waals surface area contributed by atoms with E-state index in [1.54, 1.807) is 0 Å². The second kappa shape index (κ2) is 8.53. The van der Waals surface area contributed by atoms with Crippen LogP contribution in [0.3, 0.4) is 0 Å². The van der Waals surface area contributed by atoms with Crippen LogP contribution in [0.5, 0.6) is 0 Å². The van der Waals surface area contributed by atoms with E-state index in [1.807, 2.05) is 13.0 Å². The topological polar surface area (TPSA) is 26.0 Å². The van der Waals surface area contributed by atoms with Gasteiger partial charge < -0.3 is 4.52 Å². The van der Waals surface area contributed by atoms with E-state index in [1.165, 1.54) is 16.7 Å². The summed E-state index contributed by atoms with van der Waals surface area (Å²) in [6.07, 6.45) is 6.35. The Kier molecular flexibility index (Phi) is 5.48. The van der Waals surface area contributed by atoms with Gasteiger partial charge in [-0.15, -0.1) is 0 Å². The second-order valence-electron chi connectivity index (χ2n) is 6.88. The summed E-state index contributed by atoms with van der Waals surface area (Å²) in [5.41, 5.74) is 6.77. The van der Waals surface area contributed by atoms with Crippen LogP contribution in [0.2, 0.25) is 0 Å². The lowest BCUT2D eigenvalue weighted by atomic mass is 10.0. The van der Waals surface area contributed by atoms with E-state index in [4.69, 9.17) is 4.52 Å². The molecule has 0 saturated carbocycles. The predicted octanol–water partition coefficient (Wildman–Crippen LogP) is 6.96. The van der Waals surface area contributed by atoms with Gasteiger partial charge in [-0.1, -0.05) is 102 Å². The number of allylic oxidation sites excluding steroid dienone is 1. The number of aryl methyl sites for hydroxylation is 2. The summed E-state index contributed by atoms with van der Waals surface area (Å²) in [5, 5.41) is 4.18. The molecule has 2 heteroatoms. The second-order valence-corrected chi connectivity index (χ2v) is 6.88. The molecule has 0 unspecified atom stereocenters. The van der Waals surface area contributed by atoms with Crippen molar-refractivity contribution in [3.8, 4) is 22.5 Å². The molecular formula is C26H23NO. The quantitative estimate of drug-likeness (QED) is 0.369. The normalized spacial score (nSPS) is 11.2. The summed E-state index contributed by atoms with van der Waals surface area (Å²) in [7, 11) is 0. The minimum absolute atomic E-state index is 0.827. The molecule has 0 atom stereocenters. The van der Waals surface area contributed by atoms with Crippen LogP contribution in [0, 0.1) is 6.92 Å². The van der Waals surface area contributed by atoms with Crippen LogP contribution >= 0.6 is 0 Å². The van der Waals surface area contributed by atoms with Crippen LogP contribution in [-0.2, 0) is 6.42 Å². The molecule has 1 aromatic heterocycles. The first kappa shape index (κ1) is 18.0. The standard InChI is InChI=1S/C26H23NO/c1-20-25(15-9-8-12-21-10-4-2-5-11-21)26(28-27-20)24-18-16-23(17-19-24)22-13-6-3-7-14-22/h2-7,9-11,13-19H,8,12H2,1H3. The van der Waals surface area contributed by atoms with Crippen molar-refractivity contribution in [2.24, 2.45) is 0 Å². The van der Waals surface area contributed by atoms with Crippen molar-refractivity contribution in [1.29, 1.82) is 0 Å². The molecule has 138 valence electrons. The van der Waals surface area contributed by atoms with Gasteiger partial charge in [-0.05, 0) is 36.5 Å². The van der Waals surface area contributed by atoms with Gasteiger partial charge in [0.1, 0.15) is 0 Å². The number of hydrogen-bond acceptors (Lipinski definition) is 2. The van der Waals surface area contributed by atoms with Gasteiger partial charge >= 0.3 is 0 Å². The van der Waals surface area contributed by atoms with Gasteiger partial charge in [-0.25, -0.2) is 0 Å². The van der Waals surface area contributed by atoms with Crippen molar-refractivity contribution in [1.82, 2.24) is 5.16 Å². The van der Waals surface area contributed by atoms with Crippen molar-refractivity contribution in [3.63, 3.8) is 0 Å². The molecule has 4 aromatic rings. The van der Waals surface area contributed by atoms with Gasteiger partial charge in [-0.3, -0.25) is 0 Å². The Balaban J connectivity index is 1.51. The number of benzene rings is 3. The Morgan fingerprint density at radius 1 is 0.750 bits per heavy atom. The summed E-state index contributed by atoms with van der Waals surface area (Å²) in [6, 6.07) is 29.4. The average Bonchev–Trinajstić information content (AvgIpc) is 3.13. The molecule has 0 N–H and O–H groups in total. The molecule has 3 aromatic carbocycles. The summed E-state index contributed by atoms with van der Waals surface area (Å²) in [6.45, 7) is 1.99. The zero-order valence-corrected chi connectivity index (χ0v) is 16.0. The van der Waals surface area contributed by atoms with Crippen LogP contribution in [-0.4, -0.2) is 5.16 Å². The number of rotatable bonds is 6. The molecular weight excluding hydrogens is 342 g/mol. The third-order valence-corrected chi connectivity index (χ3v) is 4.89. The summed E-state index contributed by atoms with van der Waals surface area (Å²) >= 11 is 0. The summed E-state index contributed by atoms with van der Waals surface area (Å²) < 4.78 is 5.64. The van der Waals surface area contributed by atoms with Crippen LogP contribution in [0.25, 0.3) is 28.5 Å². The van der Waals surface area contributed by atoms with Crippen LogP contribution in [0.4, 0.5) is 0 Å². The predicted molar refractivity (Wildman–Crippen MR) is 116 cm³/mol. The molecule has 0 amide bonds. The maximum absolute atomic E-state index is 5.64. The fourth-order valence-corrected chi connectivity index (χ4v) is 3.32. The molecule has 0 spiro atoms. The Hall–Kier alpha value is -3.39. The molecule has 0 aliphatic carbocycles. The molecule has 0 bridgehead atoms. The van der Waals surface area contributed by atoms with E-state index in [0.29, 0.717) is 0 Å². The molecule has 0 aliphatic heterocycles. The highest BCUT2D eigenvalue weighted by Gasteiger charge is 2.12. The highest BCUT2D eigenvalue weighted by Crippen LogP contribution is 2.29. The van der Waals surface area contributed by atoms with E-state index in [-0.39, 0.29) is 0 Å². The van der Waals surface area contributed by atoms with Gasteiger partial charge in [0.2, 0.25) is 0 Å². The van der Waals surface area contributed by atoms with Crippen molar-refractivity contribution in [2.75, 3.05) is 0 Å². The molecule has 28 heavy (non-hydrogen) atoms. The Morgan fingerprint density at radius 2 is 1.36 bits per heavy atom. The SMILES string of the molecule is Cc1noc(-c2ccc(-c3ccccc3)cc2)c1C=CCCc1ccccc1. The summed E-state index contributed by atoms with van der Waals surface area (Å²) in [5.74, 6) is 0.827. The molecule has 0 radical (unpaired) electrons. The maximum atomic E-state index is 5.64. The lowest BCUT2D eigenvalue weighted by Gasteiger charge is -2.03. The lowest BCUT2D eigenvalue weighted by molar-refractivity contribution is 0.427. The van der Waals surface area contributed by atoms with E-state index >= 15 is 0 Å². The Bertz CT molecular complexity index is 1040. The number of hydrogen-bond donors (Lipinski definition) is 0. The highest BCUT2D eigenvalue weighted by molar-refractivity contribution is 5.74. The van der Waals surface area contributed by atoms with Crippen molar-refractivity contribution in [3.05, 3.63) is 108 Å². The van der Waals surface area contributed by atoms with Crippen LogP contribution in [0.15, 0.2) is 95.5 Å². The number of aromatic nitrogens is 1. The smallest absolute Gasteiger partial charge is 0.174 e. The fraction of sp³-hybridized carbons (Fsp3) is 0.115. The minimum atomic E-state index is 0.827. The Labute approximate surface area is 166 Å². The van der Waals surface area contributed by atoms with Crippen LogP contribution < -0.4 is 0 Å². The first-order chi connectivity index (χ1) is 13.8. The first-order valence-electron chi connectivity index (χ1n) is 9.64. The van der Waals surface area contributed by atoms with Crippen molar-refractivity contribution in [2.45, 2.75) is 19.8 Å². The minimum Gasteiger partial charge on any atom is -0.355 e. The van der Waals surface area contributed by atoms with Gasteiger partial charge in [0.15, 0.2) is 5.76 Å². The molecule has 2 nitrogen and oxygen atoms in total. The molecule has 4 rings (SSSR count). The fourth-order valence-electron chi connectivity index (χ4n) is 3.32. The van der Waals surface area contributed by atoms with Crippen molar-refractivity contribution >= 4 is 6.08 Å². The van der Waals surface area contributed by atoms with E-state index in [0.717, 1.165) is 35.4 Å². The zero-order valence-electron chi connectivity index (χ0n) is 16.0. The largest absolute Gasteiger partial charge is 0.355 e. The van der Waals surface area contributed by atoms with Gasteiger partial charge in [0.05, 0.1) is 5.69 Å². The molecule has 0 aliphatic rings. The Morgan fingerprint density at radius 3 is 2.07 bits per heavy atom.